The highest BCUT2D eigenvalue weighted by molar-refractivity contribution is 5.73. The molecule has 0 saturated carbocycles. The number of benzene rings is 1. The Balaban J connectivity index is 1.71. The second kappa shape index (κ2) is 5.75. The summed E-state index contributed by atoms with van der Waals surface area (Å²) in [4.78, 5) is 14.5. The summed E-state index contributed by atoms with van der Waals surface area (Å²) in [5, 5.41) is 5.57. The largest absolute Gasteiger partial charge is 0.364 e. The molecule has 0 aliphatic carbocycles. The number of nitrogens with one attached hydrogen (secondary N) is 3. The van der Waals surface area contributed by atoms with Gasteiger partial charge in [-0.2, -0.15) is 0 Å². The van der Waals surface area contributed by atoms with E-state index < -0.39 is 0 Å². The molecular formula is C13H15N3O. The van der Waals surface area contributed by atoms with Crippen molar-refractivity contribution in [3.63, 3.8) is 0 Å². The first-order valence-corrected chi connectivity index (χ1v) is 5.52. The minimum atomic E-state index is -0.163. The number of H-pyrrole nitrogens is 1. The molecule has 3 N–H and O–H groups in total. The Morgan fingerprint density at radius 3 is 2.47 bits per heavy atom. The molecule has 1 aromatic carbocycles. The average molecular weight is 229 g/mol. The van der Waals surface area contributed by atoms with Gasteiger partial charge in [0.25, 0.3) is 0 Å². The molecule has 1 heterocycles. The summed E-state index contributed by atoms with van der Waals surface area (Å²) in [6.45, 7) is 1.05. The highest BCUT2D eigenvalue weighted by atomic mass is 16.2. The van der Waals surface area contributed by atoms with E-state index in [0.29, 0.717) is 13.1 Å². The molecule has 0 spiro atoms. The summed E-state index contributed by atoms with van der Waals surface area (Å²) in [5.74, 6) is 0. The number of carbonyl (C=O) groups is 1. The number of amides is 2. The van der Waals surface area contributed by atoms with E-state index in [2.05, 4.69) is 15.6 Å². The molecule has 0 aliphatic heterocycles. The van der Waals surface area contributed by atoms with Gasteiger partial charge in [-0.25, -0.2) is 4.79 Å². The fraction of sp³-hybridized carbons (Fsp3) is 0.154. The predicted molar refractivity (Wildman–Crippen MR) is 66.3 cm³/mol. The maximum absolute atomic E-state index is 11.5. The van der Waals surface area contributed by atoms with Crippen molar-refractivity contribution in [1.82, 2.24) is 15.6 Å². The fourth-order valence-corrected chi connectivity index (χ4v) is 1.49. The van der Waals surface area contributed by atoms with Crippen LogP contribution in [0.15, 0.2) is 48.7 Å². The molecule has 0 unspecified atom stereocenters. The van der Waals surface area contributed by atoms with Gasteiger partial charge in [0.1, 0.15) is 0 Å². The molecule has 1 aromatic heterocycles. The third kappa shape index (κ3) is 3.68. The topological polar surface area (TPSA) is 56.9 Å². The third-order valence-corrected chi connectivity index (χ3v) is 2.40. The van der Waals surface area contributed by atoms with E-state index in [4.69, 9.17) is 0 Å². The van der Waals surface area contributed by atoms with Crippen molar-refractivity contribution in [2.24, 2.45) is 0 Å². The van der Waals surface area contributed by atoms with Gasteiger partial charge in [-0.3, -0.25) is 0 Å². The van der Waals surface area contributed by atoms with Crippen LogP contribution >= 0.6 is 0 Å². The van der Waals surface area contributed by atoms with E-state index >= 15 is 0 Å². The minimum absolute atomic E-state index is 0.163. The summed E-state index contributed by atoms with van der Waals surface area (Å²) in [7, 11) is 0. The zero-order valence-electron chi connectivity index (χ0n) is 9.44. The van der Waals surface area contributed by atoms with Crippen LogP contribution in [0.2, 0.25) is 0 Å². The Kier molecular flexibility index (Phi) is 3.81. The van der Waals surface area contributed by atoms with Gasteiger partial charge in [0.05, 0.1) is 6.54 Å². The molecule has 17 heavy (non-hydrogen) atoms. The van der Waals surface area contributed by atoms with Gasteiger partial charge in [0.2, 0.25) is 0 Å². The van der Waals surface area contributed by atoms with Crippen molar-refractivity contribution < 1.29 is 4.79 Å². The summed E-state index contributed by atoms with van der Waals surface area (Å²) in [6, 6.07) is 13.5. The molecule has 0 fully saturated rings. The van der Waals surface area contributed by atoms with Crippen LogP contribution in [-0.2, 0) is 13.1 Å². The van der Waals surface area contributed by atoms with Crippen molar-refractivity contribution in [3.05, 3.63) is 59.9 Å². The Morgan fingerprint density at radius 2 is 1.76 bits per heavy atom. The van der Waals surface area contributed by atoms with E-state index in [1.165, 1.54) is 0 Å². The Morgan fingerprint density at radius 1 is 1.00 bits per heavy atom. The van der Waals surface area contributed by atoms with Crippen LogP contribution in [0.4, 0.5) is 4.79 Å². The molecule has 4 nitrogen and oxygen atoms in total. The zero-order valence-corrected chi connectivity index (χ0v) is 9.44. The highest BCUT2D eigenvalue weighted by Gasteiger charge is 2.00. The van der Waals surface area contributed by atoms with Crippen molar-refractivity contribution in [2.45, 2.75) is 13.1 Å². The first kappa shape index (κ1) is 11.3. The number of hydrogen-bond acceptors (Lipinski definition) is 1. The van der Waals surface area contributed by atoms with E-state index in [1.54, 1.807) is 0 Å². The van der Waals surface area contributed by atoms with Gasteiger partial charge in [0.15, 0.2) is 0 Å². The normalized spacial score (nSPS) is 9.88. The number of aromatic amines is 1. The maximum Gasteiger partial charge on any atom is 0.315 e. The summed E-state index contributed by atoms with van der Waals surface area (Å²) in [5.41, 5.74) is 2.07. The van der Waals surface area contributed by atoms with Crippen LogP contribution in [0.3, 0.4) is 0 Å². The van der Waals surface area contributed by atoms with Gasteiger partial charge >= 0.3 is 6.03 Å². The monoisotopic (exact) mass is 229 g/mol. The zero-order chi connectivity index (χ0) is 11.9. The predicted octanol–water partition coefficient (Wildman–Crippen LogP) is 2.01. The summed E-state index contributed by atoms with van der Waals surface area (Å²) >= 11 is 0. The lowest BCUT2D eigenvalue weighted by Gasteiger charge is -2.06. The number of urea groups is 1. The van der Waals surface area contributed by atoms with Crippen LogP contribution in [0.5, 0.6) is 0 Å². The molecule has 2 amide bonds. The highest BCUT2D eigenvalue weighted by Crippen LogP contribution is 1.97. The van der Waals surface area contributed by atoms with Gasteiger partial charge in [-0.15, -0.1) is 0 Å². The number of aromatic nitrogens is 1. The number of rotatable bonds is 4. The molecule has 0 radical (unpaired) electrons. The lowest BCUT2D eigenvalue weighted by Crippen LogP contribution is -2.34. The molecule has 4 heteroatoms. The van der Waals surface area contributed by atoms with Crippen molar-refractivity contribution in [2.75, 3.05) is 0 Å². The van der Waals surface area contributed by atoms with Gasteiger partial charge in [-0.05, 0) is 17.7 Å². The third-order valence-electron chi connectivity index (χ3n) is 2.40. The summed E-state index contributed by atoms with van der Waals surface area (Å²) < 4.78 is 0. The lowest BCUT2D eigenvalue weighted by molar-refractivity contribution is 0.240. The van der Waals surface area contributed by atoms with Crippen molar-refractivity contribution in [3.8, 4) is 0 Å². The summed E-state index contributed by atoms with van der Waals surface area (Å²) in [6.07, 6.45) is 1.83. The van der Waals surface area contributed by atoms with Crippen LogP contribution < -0.4 is 10.6 Å². The van der Waals surface area contributed by atoms with Crippen LogP contribution in [0.25, 0.3) is 0 Å². The second-order valence-corrected chi connectivity index (χ2v) is 3.72. The molecule has 0 bridgehead atoms. The van der Waals surface area contributed by atoms with Crippen molar-refractivity contribution >= 4 is 6.03 Å². The molecular weight excluding hydrogens is 214 g/mol. The second-order valence-electron chi connectivity index (χ2n) is 3.72. The fourth-order valence-electron chi connectivity index (χ4n) is 1.49. The Bertz CT molecular complexity index is 451. The standard InChI is InChI=1S/C13H15N3O/c17-13(16-10-12-7-4-8-14-12)15-9-11-5-2-1-3-6-11/h1-8,14H,9-10H2,(H2,15,16,17). The average Bonchev–Trinajstić information content (AvgIpc) is 2.88. The Labute approximate surface area is 100 Å². The molecule has 0 saturated heterocycles. The van der Waals surface area contributed by atoms with Gasteiger partial charge in [0, 0.05) is 18.4 Å². The first-order valence-electron chi connectivity index (χ1n) is 5.52. The first-order chi connectivity index (χ1) is 8.34. The van der Waals surface area contributed by atoms with Crippen LogP contribution in [-0.4, -0.2) is 11.0 Å². The molecule has 2 aromatic rings. The molecule has 0 atom stereocenters. The molecule has 88 valence electrons. The van der Waals surface area contributed by atoms with E-state index in [0.717, 1.165) is 11.3 Å². The smallest absolute Gasteiger partial charge is 0.315 e. The SMILES string of the molecule is O=C(NCc1ccccc1)NCc1ccc[nH]1. The number of carbonyl (C=O) groups excluding carboxylic acids is 1. The van der Waals surface area contributed by atoms with Gasteiger partial charge < -0.3 is 15.6 Å². The molecule has 2 rings (SSSR count). The van der Waals surface area contributed by atoms with E-state index in [9.17, 15) is 4.79 Å². The van der Waals surface area contributed by atoms with Gasteiger partial charge in [-0.1, -0.05) is 30.3 Å². The molecule has 0 aliphatic rings. The number of hydrogen-bond donors (Lipinski definition) is 3. The van der Waals surface area contributed by atoms with Crippen LogP contribution in [0, 0.1) is 0 Å². The van der Waals surface area contributed by atoms with Crippen molar-refractivity contribution in [1.29, 1.82) is 0 Å². The van der Waals surface area contributed by atoms with Crippen LogP contribution in [0.1, 0.15) is 11.3 Å². The maximum atomic E-state index is 11.5. The van der Waals surface area contributed by atoms with E-state index in [1.807, 2.05) is 48.7 Å². The van der Waals surface area contributed by atoms with E-state index in [-0.39, 0.29) is 6.03 Å². The Hall–Kier alpha value is -2.23. The lowest BCUT2D eigenvalue weighted by atomic mass is 10.2. The quantitative estimate of drug-likeness (QED) is 0.738. The minimum Gasteiger partial charge on any atom is -0.364 e.